The Balaban J connectivity index is 3.47. The molecule has 0 saturated heterocycles. The molecule has 5 heavy (non-hydrogen) atoms. The molecule has 0 atom stereocenters. The fourth-order valence-electron chi connectivity index (χ4n) is 0. The molecule has 0 aliphatic carbocycles. The van der Waals surface area contributed by atoms with Crippen LogP contribution in [0.15, 0.2) is 0 Å². The van der Waals surface area contributed by atoms with Gasteiger partial charge in [-0.1, -0.05) is 0 Å². The average Bonchev–Trinajstić information content (AvgIpc) is 0.722. The Kier molecular flexibility index (Phi) is 2.56. The first-order chi connectivity index (χ1) is 2.00. The third kappa shape index (κ3) is 30.1. The van der Waals surface area contributed by atoms with Gasteiger partial charge in [0.2, 0.25) is 0 Å². The molecule has 1 nitrogen and oxygen atoms in total. The molecule has 0 spiro atoms. The van der Waals surface area contributed by atoms with Gasteiger partial charge in [0.1, 0.15) is 0 Å². The van der Waals surface area contributed by atoms with Crippen LogP contribution in [-0.2, 0) is 0 Å². The van der Waals surface area contributed by atoms with Crippen molar-refractivity contribution in [3.63, 3.8) is 0 Å². The molecule has 0 radical (unpaired) electrons. The van der Waals surface area contributed by atoms with Gasteiger partial charge in [0.15, 0.2) is 0 Å². The van der Waals surface area contributed by atoms with Gasteiger partial charge in [0.05, 0.1) is 0 Å². The first-order valence-electron chi connectivity index (χ1n) is 0.721. The van der Waals surface area contributed by atoms with Crippen molar-refractivity contribution >= 4 is 42.0 Å². The van der Waals surface area contributed by atoms with Gasteiger partial charge >= 0.3 is 46.9 Å². The summed E-state index contributed by atoms with van der Waals surface area (Å²) in [4.78, 5) is 8.11. The minimum absolute atomic E-state index is 2.18. The van der Waals surface area contributed by atoms with Crippen molar-refractivity contribution < 1.29 is 4.89 Å². The third-order valence-electron chi connectivity index (χ3n) is 0. The summed E-state index contributed by atoms with van der Waals surface area (Å²) >= 11 is 12.0. The van der Waals surface area contributed by atoms with Crippen LogP contribution in [0.4, 0.5) is 0 Å². The molecule has 0 aromatic rings. The van der Waals surface area contributed by atoms with Gasteiger partial charge in [-0.15, -0.1) is 0 Å². The molecule has 0 aromatic carbocycles. The van der Waals surface area contributed by atoms with Crippen LogP contribution in [0.25, 0.3) is 0 Å². The van der Waals surface area contributed by atoms with E-state index in [-0.39, 0.29) is 0 Å². The van der Waals surface area contributed by atoms with Gasteiger partial charge < -0.3 is 0 Å². The fourth-order valence-corrected chi connectivity index (χ4v) is 0. The second kappa shape index (κ2) is 1.97. The monoisotopic (exact) mass is 198 g/mol. The Hall–Kier alpha value is 1.49. The molecule has 0 rings (SSSR count). The fraction of sp³-hybridized carbons (Fsp3) is 0. The van der Waals surface area contributed by atoms with Crippen LogP contribution in [0, 0.1) is 0 Å². The predicted octanol–water partition coefficient (Wildman–Crippen LogP) is 1.30. The number of rotatable bonds is 0. The third-order valence-corrected chi connectivity index (χ3v) is 0. The van der Waals surface area contributed by atoms with Crippen LogP contribution in [0.3, 0.4) is 0 Å². The van der Waals surface area contributed by atoms with Crippen molar-refractivity contribution in [3.8, 4) is 0 Å². The van der Waals surface area contributed by atoms with E-state index in [4.69, 9.17) is 27.4 Å². The standard InChI is InChI=1S/Cl2HOPSe/c1-4(2,3)5/h(H,3,5). The van der Waals surface area contributed by atoms with E-state index < -0.39 is 4.44 Å². The van der Waals surface area contributed by atoms with E-state index in [9.17, 15) is 0 Å². The first-order valence-corrected chi connectivity index (χ1v) is 6.49. The zero-order chi connectivity index (χ0) is 4.50. The summed E-state index contributed by atoms with van der Waals surface area (Å²) in [6.45, 7) is 0. The molecule has 0 unspecified atom stereocenters. The minimum atomic E-state index is -2.57. The number of hydrogen-bond acceptors (Lipinski definition) is 1. The Morgan fingerprint density at radius 1 is 1.60 bits per heavy atom. The summed E-state index contributed by atoms with van der Waals surface area (Å²) < 4.78 is -2.57. The van der Waals surface area contributed by atoms with Crippen LogP contribution in [0.2, 0.25) is 0 Å². The normalized spacial score (nSPS) is 11.8. The predicted molar refractivity (Wildman–Crippen MR) is 26.6 cm³/mol. The van der Waals surface area contributed by atoms with E-state index >= 15 is 0 Å². The zero-order valence-electron chi connectivity index (χ0n) is 2.06. The second-order valence-corrected chi connectivity index (χ2v) is 10.8. The average molecular weight is 198 g/mol. The Morgan fingerprint density at radius 3 is 1.60 bits per heavy atom. The maximum atomic E-state index is 8.11. The number of hydrogen-bond donors (Lipinski definition) is 1. The van der Waals surface area contributed by atoms with E-state index in [2.05, 4.69) is 15.1 Å². The molecular formula is HCl2OPSe. The summed E-state index contributed by atoms with van der Waals surface area (Å²) in [6.07, 6.45) is 0. The summed E-state index contributed by atoms with van der Waals surface area (Å²) in [5.41, 5.74) is 0. The molecule has 32 valence electrons. The molecule has 0 aliphatic heterocycles. The van der Waals surface area contributed by atoms with E-state index in [1.807, 2.05) is 0 Å². The number of halogens is 2. The van der Waals surface area contributed by atoms with Gasteiger partial charge in [0, 0.05) is 0 Å². The molecule has 0 heterocycles. The van der Waals surface area contributed by atoms with Crippen LogP contribution >= 0.6 is 26.9 Å². The SMILES string of the molecule is OP(Cl)(Cl)=[Se]. The molecule has 1 N–H and O–H groups in total. The van der Waals surface area contributed by atoms with Gasteiger partial charge in [-0.25, -0.2) is 0 Å². The van der Waals surface area contributed by atoms with E-state index in [0.717, 1.165) is 0 Å². The van der Waals surface area contributed by atoms with Crippen molar-refractivity contribution in [1.29, 1.82) is 0 Å². The van der Waals surface area contributed by atoms with E-state index in [1.54, 1.807) is 0 Å². The summed E-state index contributed by atoms with van der Waals surface area (Å²) in [6, 6.07) is 0. The van der Waals surface area contributed by atoms with Gasteiger partial charge in [-0.2, -0.15) is 0 Å². The van der Waals surface area contributed by atoms with Crippen LogP contribution in [0.1, 0.15) is 0 Å². The van der Waals surface area contributed by atoms with Crippen LogP contribution in [0.5, 0.6) is 0 Å². The Bertz CT molecular complexity index is 55.8. The summed E-state index contributed by atoms with van der Waals surface area (Å²) in [5.74, 6) is 0. The Labute approximate surface area is 47.2 Å². The molecule has 5 heteroatoms. The quantitative estimate of drug-likeness (QED) is 0.459. The topological polar surface area (TPSA) is 20.2 Å². The molecular weight excluding hydrogens is 197 g/mol. The molecule has 0 fully saturated rings. The van der Waals surface area contributed by atoms with Crippen molar-refractivity contribution in [2.24, 2.45) is 0 Å². The second-order valence-electron chi connectivity index (χ2n) is 0.435. The summed E-state index contributed by atoms with van der Waals surface area (Å²) in [7, 11) is 0. The molecule has 0 bridgehead atoms. The van der Waals surface area contributed by atoms with Gasteiger partial charge in [0.25, 0.3) is 0 Å². The molecule has 0 saturated carbocycles. The van der Waals surface area contributed by atoms with Crippen molar-refractivity contribution in [1.82, 2.24) is 0 Å². The maximum absolute atomic E-state index is 8.11. The van der Waals surface area contributed by atoms with E-state index in [1.165, 1.54) is 0 Å². The summed E-state index contributed by atoms with van der Waals surface area (Å²) in [5, 5.41) is 0. The Morgan fingerprint density at radius 2 is 1.60 bits per heavy atom. The molecule has 0 aliphatic rings. The van der Waals surface area contributed by atoms with E-state index in [0.29, 0.717) is 0 Å². The first kappa shape index (κ1) is 6.49. The van der Waals surface area contributed by atoms with Crippen LogP contribution < -0.4 is 0 Å². The van der Waals surface area contributed by atoms with Crippen molar-refractivity contribution in [2.45, 2.75) is 0 Å². The van der Waals surface area contributed by atoms with Crippen LogP contribution in [-0.4, -0.2) is 20.0 Å². The van der Waals surface area contributed by atoms with Crippen molar-refractivity contribution in [2.75, 3.05) is 0 Å². The zero-order valence-corrected chi connectivity index (χ0v) is 6.18. The van der Waals surface area contributed by atoms with Gasteiger partial charge in [-0.3, -0.25) is 0 Å². The molecule has 0 aromatic heterocycles. The molecule has 0 amide bonds. The van der Waals surface area contributed by atoms with Gasteiger partial charge in [-0.05, 0) is 0 Å². The van der Waals surface area contributed by atoms with Crippen molar-refractivity contribution in [3.05, 3.63) is 0 Å².